The summed E-state index contributed by atoms with van der Waals surface area (Å²) in [7, 11) is -3.70. The Hall–Kier alpha value is -4.56. The number of aromatic nitrogens is 2. The average molecular weight is 593 g/mol. The highest BCUT2D eigenvalue weighted by Crippen LogP contribution is 2.53. The number of sulfone groups is 1. The first-order valence-electron chi connectivity index (χ1n) is 13.0. The highest BCUT2D eigenvalue weighted by molar-refractivity contribution is 7.90. The van der Waals surface area contributed by atoms with Gasteiger partial charge in [-0.3, -0.25) is 5.10 Å². The van der Waals surface area contributed by atoms with Gasteiger partial charge in [0.1, 0.15) is 11.6 Å². The number of aryl methyl sites for hydroxylation is 1. The molecular formula is C31H27F3N4O3S. The van der Waals surface area contributed by atoms with Crippen LogP contribution in [-0.2, 0) is 27.2 Å². The van der Waals surface area contributed by atoms with Crippen LogP contribution < -0.4 is 10.5 Å². The summed E-state index contributed by atoms with van der Waals surface area (Å²) in [4.78, 5) is 0.0477. The number of hydrogen-bond donors (Lipinski definition) is 2. The summed E-state index contributed by atoms with van der Waals surface area (Å²) in [6.07, 6.45) is -4.72. The number of halogens is 3. The highest BCUT2D eigenvalue weighted by atomic mass is 32.2. The minimum absolute atomic E-state index is 0.0258. The SMILES string of the molecule is Cc1[nH]nc2c1[C@](c1cc(-c3ccc(S(=O)(=O)Cc4ccccc4)cc3)cc(C(F)(F)F)c1)(C(C)C)C(C#N)=C(N)O2. The molecule has 0 saturated heterocycles. The molecule has 5 rings (SSSR count). The molecule has 0 saturated carbocycles. The molecule has 0 aliphatic carbocycles. The highest BCUT2D eigenvalue weighted by Gasteiger charge is 2.51. The maximum absolute atomic E-state index is 14.3. The molecule has 0 spiro atoms. The lowest BCUT2D eigenvalue weighted by Crippen LogP contribution is -2.41. The van der Waals surface area contributed by atoms with Gasteiger partial charge in [0.15, 0.2) is 9.84 Å². The average Bonchev–Trinajstić information content (AvgIpc) is 3.31. The van der Waals surface area contributed by atoms with Gasteiger partial charge in [0.2, 0.25) is 11.8 Å². The number of nitrogens with one attached hydrogen (secondary N) is 1. The first-order valence-corrected chi connectivity index (χ1v) is 14.7. The van der Waals surface area contributed by atoms with Crippen molar-refractivity contribution in [1.29, 1.82) is 5.26 Å². The van der Waals surface area contributed by atoms with E-state index in [1.54, 1.807) is 57.2 Å². The monoisotopic (exact) mass is 592 g/mol. The van der Waals surface area contributed by atoms with Crippen molar-refractivity contribution in [3.05, 3.63) is 112 Å². The Morgan fingerprint density at radius 2 is 1.71 bits per heavy atom. The lowest BCUT2D eigenvalue weighted by atomic mass is 9.61. The van der Waals surface area contributed by atoms with Crippen molar-refractivity contribution in [2.24, 2.45) is 11.7 Å². The maximum atomic E-state index is 14.3. The predicted octanol–water partition coefficient (Wildman–Crippen LogP) is 6.41. The van der Waals surface area contributed by atoms with E-state index in [9.17, 15) is 26.9 Å². The van der Waals surface area contributed by atoms with Crippen LogP contribution in [0.4, 0.5) is 13.2 Å². The molecule has 216 valence electrons. The van der Waals surface area contributed by atoms with Crippen LogP contribution in [0, 0.1) is 24.2 Å². The van der Waals surface area contributed by atoms with E-state index in [-0.39, 0.29) is 39.1 Å². The number of rotatable bonds is 6. The van der Waals surface area contributed by atoms with E-state index in [1.807, 2.05) is 0 Å². The molecule has 1 aromatic heterocycles. The maximum Gasteiger partial charge on any atom is 0.416 e. The standard InChI is InChI=1S/C31H27F3N4O3S/c1-18(2)30(26(16-35)28(36)41-29-27(30)19(3)37-38-29)23-13-22(14-24(15-23)31(32,33)34)21-9-11-25(12-10-21)42(39,40)17-20-7-5-4-6-8-20/h4-15,18H,17,36H2,1-3H3,(H,37,38)/t30-/m0/s1. The molecule has 0 fully saturated rings. The van der Waals surface area contributed by atoms with Crippen molar-refractivity contribution in [3.63, 3.8) is 0 Å². The number of hydrogen-bond acceptors (Lipinski definition) is 6. The Labute approximate surface area is 241 Å². The molecule has 0 amide bonds. The molecule has 3 N–H and O–H groups in total. The largest absolute Gasteiger partial charge is 0.420 e. The minimum atomic E-state index is -4.72. The molecular weight excluding hydrogens is 565 g/mol. The molecule has 11 heteroatoms. The van der Waals surface area contributed by atoms with E-state index in [0.29, 0.717) is 22.4 Å². The number of alkyl halides is 3. The van der Waals surface area contributed by atoms with Gasteiger partial charge in [-0.1, -0.05) is 56.3 Å². The Balaban J connectivity index is 1.69. The van der Waals surface area contributed by atoms with Gasteiger partial charge in [0, 0.05) is 5.69 Å². The minimum Gasteiger partial charge on any atom is -0.420 e. The molecule has 3 aromatic carbocycles. The van der Waals surface area contributed by atoms with E-state index < -0.39 is 32.9 Å². The van der Waals surface area contributed by atoms with Gasteiger partial charge in [-0.15, -0.1) is 5.10 Å². The molecule has 1 aliphatic rings. The molecule has 0 radical (unpaired) electrons. The number of nitrogens with two attached hydrogens (primary N) is 1. The number of ether oxygens (including phenoxy) is 1. The van der Waals surface area contributed by atoms with Gasteiger partial charge in [0.05, 0.1) is 27.2 Å². The second kappa shape index (κ2) is 10.4. The van der Waals surface area contributed by atoms with Crippen molar-refractivity contribution in [2.75, 3.05) is 0 Å². The Morgan fingerprint density at radius 1 is 1.05 bits per heavy atom. The van der Waals surface area contributed by atoms with Crippen molar-refractivity contribution >= 4 is 9.84 Å². The molecule has 7 nitrogen and oxygen atoms in total. The van der Waals surface area contributed by atoms with Gasteiger partial charge < -0.3 is 10.5 Å². The van der Waals surface area contributed by atoms with E-state index in [0.717, 1.165) is 12.1 Å². The number of H-pyrrole nitrogens is 1. The van der Waals surface area contributed by atoms with Crippen LogP contribution in [0.5, 0.6) is 5.88 Å². The first kappa shape index (κ1) is 29.0. The van der Waals surface area contributed by atoms with Crippen LogP contribution in [0.25, 0.3) is 11.1 Å². The quantitative estimate of drug-likeness (QED) is 0.267. The third kappa shape index (κ3) is 4.81. The Bertz CT molecular complexity index is 1840. The van der Waals surface area contributed by atoms with Crippen LogP contribution in [0.3, 0.4) is 0 Å². The van der Waals surface area contributed by atoms with Crippen molar-refractivity contribution < 1.29 is 26.3 Å². The molecule has 0 unspecified atom stereocenters. The third-order valence-electron chi connectivity index (χ3n) is 7.60. The number of nitriles is 1. The fraction of sp³-hybridized carbons (Fsp3) is 0.226. The molecule has 2 heterocycles. The van der Waals surface area contributed by atoms with Gasteiger partial charge in [-0.05, 0) is 65.4 Å². The van der Waals surface area contributed by atoms with E-state index in [2.05, 4.69) is 16.3 Å². The summed E-state index contributed by atoms with van der Waals surface area (Å²) in [5, 5.41) is 17.2. The van der Waals surface area contributed by atoms with Gasteiger partial charge >= 0.3 is 6.18 Å². The van der Waals surface area contributed by atoms with Crippen LogP contribution in [0.2, 0.25) is 0 Å². The zero-order valence-corrected chi connectivity index (χ0v) is 23.8. The van der Waals surface area contributed by atoms with Crippen LogP contribution in [0.1, 0.15) is 41.8 Å². The van der Waals surface area contributed by atoms with Gasteiger partial charge in [0.25, 0.3) is 0 Å². The summed E-state index contributed by atoms with van der Waals surface area (Å²) < 4.78 is 74.6. The summed E-state index contributed by atoms with van der Waals surface area (Å²) in [6.45, 7) is 5.28. The van der Waals surface area contributed by atoms with Gasteiger partial charge in [-0.25, -0.2) is 8.42 Å². The zero-order valence-electron chi connectivity index (χ0n) is 23.0. The summed E-state index contributed by atoms with van der Waals surface area (Å²) in [5.74, 6) is -0.815. The van der Waals surface area contributed by atoms with E-state index in [4.69, 9.17) is 10.5 Å². The van der Waals surface area contributed by atoms with Crippen LogP contribution >= 0.6 is 0 Å². The topological polar surface area (TPSA) is 122 Å². The van der Waals surface area contributed by atoms with Crippen molar-refractivity contribution in [2.45, 2.75) is 43.0 Å². The van der Waals surface area contributed by atoms with E-state index >= 15 is 0 Å². The Kier molecular flexibility index (Phi) is 7.15. The molecule has 1 atom stereocenters. The normalized spacial score (nSPS) is 17.1. The lowest BCUT2D eigenvalue weighted by Gasteiger charge is -2.41. The number of benzene rings is 3. The first-order chi connectivity index (χ1) is 19.8. The summed E-state index contributed by atoms with van der Waals surface area (Å²) >= 11 is 0. The second-order valence-corrected chi connectivity index (χ2v) is 12.5. The molecule has 4 aromatic rings. The summed E-state index contributed by atoms with van der Waals surface area (Å²) in [6, 6.07) is 20.1. The Morgan fingerprint density at radius 3 is 2.31 bits per heavy atom. The number of allylic oxidation sites excluding steroid dienone is 1. The summed E-state index contributed by atoms with van der Waals surface area (Å²) in [5.41, 5.74) is 6.08. The van der Waals surface area contributed by atoms with Gasteiger partial charge in [-0.2, -0.15) is 18.4 Å². The smallest absolute Gasteiger partial charge is 0.416 e. The predicted molar refractivity (Wildman–Crippen MR) is 151 cm³/mol. The fourth-order valence-electron chi connectivity index (χ4n) is 5.68. The molecule has 42 heavy (non-hydrogen) atoms. The van der Waals surface area contributed by atoms with Crippen molar-refractivity contribution in [1.82, 2.24) is 10.2 Å². The third-order valence-corrected chi connectivity index (χ3v) is 9.30. The number of fused-ring (bicyclic) bond motifs is 1. The fourth-order valence-corrected chi connectivity index (χ4v) is 7.03. The van der Waals surface area contributed by atoms with Crippen LogP contribution in [0.15, 0.2) is 89.1 Å². The number of nitrogens with zero attached hydrogens (tertiary/aromatic N) is 2. The molecule has 0 bridgehead atoms. The zero-order chi connectivity index (χ0) is 30.4. The molecule has 1 aliphatic heterocycles. The lowest BCUT2D eigenvalue weighted by molar-refractivity contribution is -0.137. The second-order valence-electron chi connectivity index (χ2n) is 10.5. The van der Waals surface area contributed by atoms with Crippen LogP contribution in [-0.4, -0.2) is 18.6 Å². The number of aromatic amines is 1. The van der Waals surface area contributed by atoms with Crippen molar-refractivity contribution in [3.8, 4) is 23.1 Å². The van der Waals surface area contributed by atoms with E-state index in [1.165, 1.54) is 24.3 Å².